The van der Waals surface area contributed by atoms with Crippen molar-refractivity contribution in [3.8, 4) is 0 Å². The number of thioether (sulfide) groups is 2. The fourth-order valence-corrected chi connectivity index (χ4v) is 8.55. The van der Waals surface area contributed by atoms with Gasteiger partial charge in [-0.15, -0.1) is 23.5 Å². The number of piperidine rings is 1. The number of benzene rings is 1. The summed E-state index contributed by atoms with van der Waals surface area (Å²) in [4.78, 5) is 51.7. The molecule has 2 amide bonds. The number of aliphatic carboxylic acids is 1. The summed E-state index contributed by atoms with van der Waals surface area (Å²) >= 11 is 14.8. The molecule has 3 fully saturated rings. The van der Waals surface area contributed by atoms with Crippen LogP contribution in [0.2, 0.25) is 10.0 Å². The molecule has 2 bridgehead atoms. The first-order valence-corrected chi connectivity index (χ1v) is 14.5. The summed E-state index contributed by atoms with van der Waals surface area (Å²) in [5.41, 5.74) is 0.583. The number of carboxylic acids is 1. The topological polar surface area (TPSA) is 107 Å². The van der Waals surface area contributed by atoms with E-state index >= 15 is 0 Å². The van der Waals surface area contributed by atoms with Crippen molar-refractivity contribution in [3.05, 3.63) is 39.5 Å². The number of β-lactam (4-membered cyclic amide) rings is 1. The first-order chi connectivity index (χ1) is 17.1. The van der Waals surface area contributed by atoms with Crippen LogP contribution in [0, 0.1) is 0 Å². The lowest BCUT2D eigenvalue weighted by Gasteiger charge is -2.52. The number of Topliss-reactive ketones (excluding diaryl/α,β-unsaturated/α-hetero) is 1. The number of fused-ring (bicyclic) bond motifs is 3. The zero-order chi connectivity index (χ0) is 25.8. The van der Waals surface area contributed by atoms with Gasteiger partial charge in [0, 0.05) is 34.1 Å². The van der Waals surface area contributed by atoms with Gasteiger partial charge in [0.15, 0.2) is 0 Å². The van der Waals surface area contributed by atoms with E-state index in [9.17, 15) is 24.3 Å². The highest BCUT2D eigenvalue weighted by Crippen LogP contribution is 2.45. The molecule has 4 aliphatic rings. The summed E-state index contributed by atoms with van der Waals surface area (Å²) in [5.74, 6) is -1.45. The summed E-state index contributed by atoms with van der Waals surface area (Å²) in [6.45, 7) is 0.476. The third-order valence-electron chi connectivity index (χ3n) is 7.77. The number of amides is 2. The van der Waals surface area contributed by atoms with Crippen molar-refractivity contribution in [2.45, 2.75) is 54.1 Å². The lowest BCUT2D eigenvalue weighted by Crippen LogP contribution is -2.71. The van der Waals surface area contributed by atoms with E-state index in [2.05, 4.69) is 12.4 Å². The number of carbonyl (C=O) groups is 4. The predicted molar refractivity (Wildman–Crippen MR) is 136 cm³/mol. The smallest absolute Gasteiger partial charge is 0.253 e. The Bertz CT molecular complexity index is 1180. The van der Waals surface area contributed by atoms with E-state index in [0.29, 0.717) is 50.1 Å². The van der Waals surface area contributed by atoms with Crippen LogP contribution in [0.1, 0.15) is 25.7 Å². The van der Waals surface area contributed by atoms with Gasteiger partial charge in [0.1, 0.15) is 23.7 Å². The van der Waals surface area contributed by atoms with E-state index in [4.69, 9.17) is 23.2 Å². The lowest BCUT2D eigenvalue weighted by molar-refractivity contribution is -0.940. The van der Waals surface area contributed by atoms with Gasteiger partial charge in [-0.05, 0) is 18.2 Å². The Balaban J connectivity index is 1.27. The van der Waals surface area contributed by atoms with Gasteiger partial charge < -0.3 is 19.7 Å². The van der Waals surface area contributed by atoms with Gasteiger partial charge in [0.25, 0.3) is 5.91 Å². The van der Waals surface area contributed by atoms with Gasteiger partial charge in [-0.3, -0.25) is 19.3 Å². The summed E-state index contributed by atoms with van der Waals surface area (Å²) in [7, 11) is 2.09. The number of hydrogen-bond acceptors (Lipinski definition) is 7. The second-order valence-corrected chi connectivity index (χ2v) is 12.9. The Morgan fingerprint density at radius 1 is 1.22 bits per heavy atom. The maximum absolute atomic E-state index is 13.0. The molecule has 36 heavy (non-hydrogen) atoms. The largest absolute Gasteiger partial charge is 0.543 e. The Morgan fingerprint density at radius 3 is 2.58 bits per heavy atom. The molecule has 0 saturated carbocycles. The number of nitrogens with one attached hydrogen (secondary N) is 1. The van der Waals surface area contributed by atoms with E-state index < -0.39 is 23.3 Å². The average Bonchev–Trinajstić information content (AvgIpc) is 2.98. The minimum absolute atomic E-state index is 0.0347. The van der Waals surface area contributed by atoms with E-state index in [1.807, 2.05) is 0 Å². The standard InChI is InChI=1S/C24H25Cl2N3O5S2/c1-29(14-3-4-15(29)8-16(30)7-14)9-12-10-36-23-20(22(32)28(23)21(12)24(33)34)27-19(31)11-35-18-6-13(25)2-5-17(18)26/h2,5-6,14-15,20,23H,3-4,7-11H2,1H3,(H-,27,31,33,34)/t14?,15?,20-,23-,29?/m1/s1. The van der Waals surface area contributed by atoms with Crippen LogP contribution in [-0.2, 0) is 19.2 Å². The van der Waals surface area contributed by atoms with Crippen LogP contribution >= 0.6 is 46.7 Å². The van der Waals surface area contributed by atoms with Crippen molar-refractivity contribution in [1.82, 2.24) is 10.2 Å². The Hall–Kier alpha value is -1.72. The molecule has 12 heteroatoms. The van der Waals surface area contributed by atoms with Crippen molar-refractivity contribution in [2.24, 2.45) is 0 Å². The zero-order valence-electron chi connectivity index (χ0n) is 19.5. The fourth-order valence-electron chi connectivity index (χ4n) is 5.91. The molecule has 0 radical (unpaired) electrons. The number of quaternary nitrogens is 1. The van der Waals surface area contributed by atoms with Crippen molar-refractivity contribution < 1.29 is 28.8 Å². The van der Waals surface area contributed by atoms with Crippen LogP contribution in [0.4, 0.5) is 0 Å². The van der Waals surface area contributed by atoms with Crippen molar-refractivity contribution >= 4 is 70.3 Å². The van der Waals surface area contributed by atoms with E-state index in [1.165, 1.54) is 28.4 Å². The molecule has 0 aliphatic carbocycles. The van der Waals surface area contributed by atoms with Gasteiger partial charge in [-0.1, -0.05) is 23.2 Å². The van der Waals surface area contributed by atoms with Gasteiger partial charge >= 0.3 is 0 Å². The lowest BCUT2D eigenvalue weighted by atomic mass is 9.96. The molecule has 5 rings (SSSR count). The maximum atomic E-state index is 13.0. The Kier molecular flexibility index (Phi) is 7.10. The molecule has 0 spiro atoms. The molecule has 192 valence electrons. The number of carbonyl (C=O) groups excluding carboxylic acids is 4. The molecule has 8 nitrogen and oxygen atoms in total. The van der Waals surface area contributed by atoms with E-state index in [1.54, 1.807) is 18.2 Å². The van der Waals surface area contributed by atoms with Crippen molar-refractivity contribution in [3.63, 3.8) is 0 Å². The zero-order valence-corrected chi connectivity index (χ0v) is 22.6. The van der Waals surface area contributed by atoms with Gasteiger partial charge in [-0.2, -0.15) is 0 Å². The number of likely N-dealkylation sites (N-methyl/N-ethyl adjacent to an activating group) is 1. The molecule has 4 aliphatic heterocycles. The molecular formula is C24H25Cl2N3O5S2. The van der Waals surface area contributed by atoms with E-state index in [-0.39, 0.29) is 35.2 Å². The molecule has 1 aromatic rings. The first-order valence-electron chi connectivity index (χ1n) is 11.7. The molecule has 1 aromatic carbocycles. The summed E-state index contributed by atoms with van der Waals surface area (Å²) in [6.07, 6.45) is 2.94. The third kappa shape index (κ3) is 4.55. The molecule has 3 saturated heterocycles. The monoisotopic (exact) mass is 569 g/mol. The highest BCUT2D eigenvalue weighted by atomic mass is 35.5. The first kappa shape index (κ1) is 25.9. The van der Waals surface area contributed by atoms with Crippen LogP contribution in [0.5, 0.6) is 0 Å². The van der Waals surface area contributed by atoms with Gasteiger partial charge in [0.2, 0.25) is 5.91 Å². The number of halogens is 2. The quantitative estimate of drug-likeness (QED) is 0.303. The van der Waals surface area contributed by atoms with Crippen LogP contribution in [0.15, 0.2) is 34.4 Å². The van der Waals surface area contributed by atoms with Crippen LogP contribution < -0.4 is 10.4 Å². The third-order valence-corrected chi connectivity index (χ3v) is 10.8. The number of rotatable bonds is 7. The highest BCUT2D eigenvalue weighted by Gasteiger charge is 2.56. The van der Waals surface area contributed by atoms with Crippen molar-refractivity contribution in [1.29, 1.82) is 0 Å². The van der Waals surface area contributed by atoms with Gasteiger partial charge in [0.05, 0.1) is 54.4 Å². The Labute approximate surface area is 227 Å². The number of carboxylic acid groups (broad SMARTS) is 1. The fraction of sp³-hybridized carbons (Fsp3) is 0.500. The predicted octanol–water partition coefficient (Wildman–Crippen LogP) is 1.83. The Morgan fingerprint density at radius 2 is 1.92 bits per heavy atom. The summed E-state index contributed by atoms with van der Waals surface area (Å²) < 4.78 is 0.633. The molecule has 2 unspecified atom stereocenters. The maximum Gasteiger partial charge on any atom is 0.253 e. The molecule has 1 N–H and O–H groups in total. The molecule has 4 heterocycles. The second-order valence-electron chi connectivity index (χ2n) is 9.89. The van der Waals surface area contributed by atoms with Crippen LogP contribution in [0.25, 0.3) is 0 Å². The number of ketones is 1. The summed E-state index contributed by atoms with van der Waals surface area (Å²) in [5, 5.41) is 15.4. The SMILES string of the molecule is C[N+]1(CC2=C(C(=O)[O-])N3C(=O)[C@@H](NC(=O)CSc4cc(Cl)ccc4Cl)[C@H]3SC2)C2CCC1CC(=O)C2. The average molecular weight is 571 g/mol. The minimum Gasteiger partial charge on any atom is -0.543 e. The normalized spacial score (nSPS) is 31.2. The second kappa shape index (κ2) is 9.87. The summed E-state index contributed by atoms with van der Waals surface area (Å²) in [6, 6.07) is 4.53. The van der Waals surface area contributed by atoms with Crippen LogP contribution in [0.3, 0.4) is 0 Å². The molecule has 4 atom stereocenters. The molecular weight excluding hydrogens is 545 g/mol. The number of hydrogen-bond donors (Lipinski definition) is 1. The minimum atomic E-state index is -1.38. The highest BCUT2D eigenvalue weighted by molar-refractivity contribution is 8.00. The number of nitrogens with zero attached hydrogens (tertiary/aromatic N) is 2. The van der Waals surface area contributed by atoms with Gasteiger partial charge in [-0.25, -0.2) is 0 Å². The van der Waals surface area contributed by atoms with Crippen LogP contribution in [-0.4, -0.2) is 81.5 Å². The molecule has 0 aromatic heterocycles. The van der Waals surface area contributed by atoms with E-state index in [0.717, 1.165) is 12.8 Å². The van der Waals surface area contributed by atoms with Crippen molar-refractivity contribution in [2.75, 3.05) is 25.1 Å².